The van der Waals surface area contributed by atoms with Crippen molar-refractivity contribution in [1.82, 2.24) is 0 Å². The molecule has 0 unspecified atom stereocenters. The van der Waals surface area contributed by atoms with E-state index in [1.54, 1.807) is 24.3 Å². The number of carbonyl (C=O) groups is 2. The smallest absolute Gasteiger partial charge is 0.262 e. The third kappa shape index (κ3) is 5.69. The Bertz CT molecular complexity index is 1000. The molecule has 0 aliphatic rings. The lowest BCUT2D eigenvalue weighted by Gasteiger charge is -2.12. The third-order valence-corrected chi connectivity index (χ3v) is 4.47. The summed E-state index contributed by atoms with van der Waals surface area (Å²) in [5.41, 5.74) is 3.95. The van der Waals surface area contributed by atoms with Gasteiger partial charge in [-0.1, -0.05) is 37.3 Å². The minimum absolute atomic E-state index is 0.0707. The monoisotopic (exact) mass is 388 g/mol. The van der Waals surface area contributed by atoms with Crippen molar-refractivity contribution < 1.29 is 14.3 Å². The Morgan fingerprint density at radius 3 is 2.41 bits per heavy atom. The number of amides is 2. The number of anilines is 2. The van der Waals surface area contributed by atoms with Crippen molar-refractivity contribution in [2.45, 2.75) is 20.3 Å². The van der Waals surface area contributed by atoms with Crippen molar-refractivity contribution >= 4 is 23.2 Å². The van der Waals surface area contributed by atoms with Crippen molar-refractivity contribution in [3.8, 4) is 5.75 Å². The molecule has 5 heteroatoms. The molecule has 0 spiro atoms. The van der Waals surface area contributed by atoms with E-state index in [0.717, 1.165) is 17.5 Å². The summed E-state index contributed by atoms with van der Waals surface area (Å²) in [6.07, 6.45) is 0.913. The summed E-state index contributed by atoms with van der Waals surface area (Å²) < 4.78 is 5.57. The van der Waals surface area contributed by atoms with Crippen LogP contribution >= 0.6 is 0 Å². The summed E-state index contributed by atoms with van der Waals surface area (Å²) >= 11 is 0. The number of carbonyl (C=O) groups excluding carboxylic acids is 2. The first-order chi connectivity index (χ1) is 14.0. The number of nitrogens with one attached hydrogen (secondary N) is 2. The van der Waals surface area contributed by atoms with E-state index in [9.17, 15) is 9.59 Å². The quantitative estimate of drug-likeness (QED) is 0.609. The highest BCUT2D eigenvalue weighted by molar-refractivity contribution is 6.04. The van der Waals surface area contributed by atoms with E-state index in [1.165, 1.54) is 0 Å². The van der Waals surface area contributed by atoms with Crippen molar-refractivity contribution in [2.24, 2.45) is 0 Å². The summed E-state index contributed by atoms with van der Waals surface area (Å²) in [6.45, 7) is 3.88. The van der Waals surface area contributed by atoms with Gasteiger partial charge in [0, 0.05) is 16.9 Å². The second-order valence-corrected chi connectivity index (χ2v) is 6.69. The van der Waals surface area contributed by atoms with Gasteiger partial charge in [0.05, 0.1) is 0 Å². The van der Waals surface area contributed by atoms with E-state index in [1.807, 2.05) is 55.5 Å². The molecule has 0 atom stereocenters. The molecule has 3 aromatic rings. The average Bonchev–Trinajstić information content (AvgIpc) is 2.75. The fourth-order valence-electron chi connectivity index (χ4n) is 2.87. The molecule has 3 rings (SSSR count). The van der Waals surface area contributed by atoms with E-state index >= 15 is 0 Å². The van der Waals surface area contributed by atoms with Crippen molar-refractivity contribution in [3.63, 3.8) is 0 Å². The predicted octanol–water partition coefficient (Wildman–Crippen LogP) is 4.83. The van der Waals surface area contributed by atoms with Crippen LogP contribution < -0.4 is 15.4 Å². The minimum atomic E-state index is -0.243. The first kappa shape index (κ1) is 20.1. The third-order valence-electron chi connectivity index (χ3n) is 4.47. The van der Waals surface area contributed by atoms with Gasteiger partial charge in [0.2, 0.25) is 0 Å². The molecule has 5 nitrogen and oxygen atoms in total. The highest BCUT2D eigenvalue weighted by Crippen LogP contribution is 2.21. The van der Waals surface area contributed by atoms with Gasteiger partial charge < -0.3 is 15.4 Å². The van der Waals surface area contributed by atoms with Crippen molar-refractivity contribution in [2.75, 3.05) is 17.2 Å². The molecule has 0 saturated heterocycles. The Balaban J connectivity index is 1.56. The van der Waals surface area contributed by atoms with Gasteiger partial charge in [-0.3, -0.25) is 9.59 Å². The summed E-state index contributed by atoms with van der Waals surface area (Å²) in [4.78, 5) is 24.5. The number of rotatable bonds is 7. The molecule has 0 aromatic heterocycles. The van der Waals surface area contributed by atoms with E-state index in [4.69, 9.17) is 4.74 Å². The number of aryl methyl sites for hydroxylation is 2. The standard InChI is InChI=1S/C24H24N2O3/c1-3-18-8-7-11-21(15-18)29-16-23(27)25-20-12-13-22(17(2)14-20)26-24(28)19-9-5-4-6-10-19/h4-15H,3,16H2,1-2H3,(H,25,27)(H,26,28). The van der Waals surface area contributed by atoms with E-state index in [2.05, 4.69) is 17.6 Å². The van der Waals surface area contributed by atoms with Gasteiger partial charge in [0.25, 0.3) is 11.8 Å². The fourth-order valence-corrected chi connectivity index (χ4v) is 2.87. The minimum Gasteiger partial charge on any atom is -0.484 e. The molecule has 0 saturated carbocycles. The van der Waals surface area contributed by atoms with Crippen molar-refractivity contribution in [1.29, 1.82) is 0 Å². The highest BCUT2D eigenvalue weighted by Gasteiger charge is 2.09. The Hall–Kier alpha value is -3.60. The van der Waals surface area contributed by atoms with Crippen LogP contribution in [0.25, 0.3) is 0 Å². The normalized spacial score (nSPS) is 10.3. The molecule has 2 amide bonds. The molecule has 0 aliphatic carbocycles. The summed E-state index contributed by atoms with van der Waals surface area (Å²) in [5, 5.41) is 5.71. The maximum absolute atomic E-state index is 12.3. The van der Waals surface area contributed by atoms with Crippen LogP contribution in [0.4, 0.5) is 11.4 Å². The van der Waals surface area contributed by atoms with Gasteiger partial charge in [-0.25, -0.2) is 0 Å². The Kier molecular flexibility index (Phi) is 6.63. The number of hydrogen-bond donors (Lipinski definition) is 2. The molecule has 3 aromatic carbocycles. The zero-order valence-corrected chi connectivity index (χ0v) is 16.6. The molecule has 29 heavy (non-hydrogen) atoms. The van der Waals surface area contributed by atoms with Gasteiger partial charge in [0.1, 0.15) is 5.75 Å². The molecule has 0 radical (unpaired) electrons. The predicted molar refractivity (Wildman–Crippen MR) is 116 cm³/mol. The molecule has 0 aliphatic heterocycles. The van der Waals surface area contributed by atoms with Crippen LogP contribution in [0.2, 0.25) is 0 Å². The van der Waals surface area contributed by atoms with Crippen molar-refractivity contribution in [3.05, 3.63) is 89.5 Å². The molecule has 0 fully saturated rings. The largest absolute Gasteiger partial charge is 0.484 e. The van der Waals surface area contributed by atoms with Gasteiger partial charge in [-0.05, 0) is 66.9 Å². The first-order valence-electron chi connectivity index (χ1n) is 9.54. The molecular weight excluding hydrogens is 364 g/mol. The molecule has 148 valence electrons. The van der Waals surface area contributed by atoms with Gasteiger partial charge >= 0.3 is 0 Å². The number of benzene rings is 3. The fraction of sp³-hybridized carbons (Fsp3) is 0.167. The molecule has 2 N–H and O–H groups in total. The highest BCUT2D eigenvalue weighted by atomic mass is 16.5. The molecular formula is C24H24N2O3. The van der Waals surface area contributed by atoms with Gasteiger partial charge in [0.15, 0.2) is 6.61 Å². The molecule has 0 bridgehead atoms. The SMILES string of the molecule is CCc1cccc(OCC(=O)Nc2ccc(NC(=O)c3ccccc3)c(C)c2)c1. The van der Waals surface area contributed by atoms with Crippen LogP contribution in [0.5, 0.6) is 5.75 Å². The Labute approximate surface area is 170 Å². The Morgan fingerprint density at radius 1 is 0.897 bits per heavy atom. The number of hydrogen-bond acceptors (Lipinski definition) is 3. The lowest BCUT2D eigenvalue weighted by atomic mass is 10.1. The summed E-state index contributed by atoms with van der Waals surface area (Å²) in [6, 6.07) is 22.1. The summed E-state index contributed by atoms with van der Waals surface area (Å²) in [5.74, 6) is 0.259. The zero-order valence-electron chi connectivity index (χ0n) is 16.6. The second-order valence-electron chi connectivity index (χ2n) is 6.69. The Morgan fingerprint density at radius 2 is 1.69 bits per heavy atom. The lowest BCUT2D eigenvalue weighted by molar-refractivity contribution is -0.118. The van der Waals surface area contributed by atoms with Crippen LogP contribution in [0.1, 0.15) is 28.4 Å². The summed E-state index contributed by atoms with van der Waals surface area (Å²) in [7, 11) is 0. The van der Waals surface area contributed by atoms with Crippen LogP contribution in [0.3, 0.4) is 0 Å². The van der Waals surface area contributed by atoms with Crippen LogP contribution in [0, 0.1) is 6.92 Å². The van der Waals surface area contributed by atoms with Crippen LogP contribution in [-0.2, 0) is 11.2 Å². The maximum Gasteiger partial charge on any atom is 0.262 e. The van der Waals surface area contributed by atoms with Gasteiger partial charge in [-0.15, -0.1) is 0 Å². The van der Waals surface area contributed by atoms with Crippen LogP contribution in [0.15, 0.2) is 72.8 Å². The van der Waals surface area contributed by atoms with E-state index in [0.29, 0.717) is 22.7 Å². The lowest BCUT2D eigenvalue weighted by Crippen LogP contribution is -2.20. The second kappa shape index (κ2) is 9.55. The average molecular weight is 388 g/mol. The van der Waals surface area contributed by atoms with Gasteiger partial charge in [-0.2, -0.15) is 0 Å². The number of ether oxygens (including phenoxy) is 1. The van der Waals surface area contributed by atoms with E-state index in [-0.39, 0.29) is 18.4 Å². The van der Waals surface area contributed by atoms with Crippen LogP contribution in [-0.4, -0.2) is 18.4 Å². The first-order valence-corrected chi connectivity index (χ1v) is 9.54. The molecule has 0 heterocycles. The van der Waals surface area contributed by atoms with E-state index < -0.39 is 0 Å². The zero-order chi connectivity index (χ0) is 20.6. The topological polar surface area (TPSA) is 67.4 Å². The maximum atomic E-state index is 12.3.